The Kier molecular flexibility index (Phi) is 9.05. The van der Waals surface area contributed by atoms with Gasteiger partial charge in [0.25, 0.3) is 0 Å². The SMILES string of the molecule is Cl.O=C(OCC(Cl)(Cl)Cl)N1CCN(c2ccc(Cl)cc2)C[C@@H]1Cc1ccccc1. The zero-order chi connectivity index (χ0) is 20.1. The summed E-state index contributed by atoms with van der Waals surface area (Å²) in [5.41, 5.74) is 2.21. The topological polar surface area (TPSA) is 32.8 Å². The van der Waals surface area contributed by atoms with Gasteiger partial charge in [0.05, 0.1) is 6.04 Å². The molecule has 1 fully saturated rings. The number of rotatable bonds is 4. The third-order valence-corrected chi connectivity index (χ3v) is 5.16. The average Bonchev–Trinajstić information content (AvgIpc) is 2.67. The molecule has 3 rings (SSSR count). The number of piperazine rings is 1. The first kappa shape index (κ1) is 24.2. The highest BCUT2D eigenvalue weighted by molar-refractivity contribution is 6.67. The fraction of sp³-hybridized carbons (Fsp3) is 0.350. The van der Waals surface area contributed by atoms with Crippen LogP contribution in [-0.4, -0.2) is 47.1 Å². The number of halogens is 5. The van der Waals surface area contributed by atoms with E-state index in [2.05, 4.69) is 4.90 Å². The lowest BCUT2D eigenvalue weighted by atomic mass is 10.0. The Hall–Kier alpha value is -1.04. The molecule has 1 heterocycles. The van der Waals surface area contributed by atoms with E-state index in [-0.39, 0.29) is 25.1 Å². The van der Waals surface area contributed by atoms with Crippen molar-refractivity contribution in [1.82, 2.24) is 4.90 Å². The Bertz CT molecular complexity index is 784. The van der Waals surface area contributed by atoms with E-state index in [4.69, 9.17) is 51.1 Å². The standard InChI is InChI=1S/C20H20Cl4N2O2.ClH/c21-16-6-8-17(9-7-16)25-10-11-26(19(27)28-14-20(22,23)24)18(13-25)12-15-4-2-1-3-5-15;/h1-9,18H,10-14H2;1H/t18-;/m0./s1. The van der Waals surface area contributed by atoms with Crippen LogP contribution >= 0.6 is 58.8 Å². The minimum absolute atomic E-state index is 0. The molecule has 0 spiro atoms. The van der Waals surface area contributed by atoms with Crippen molar-refractivity contribution >= 4 is 70.6 Å². The number of anilines is 1. The zero-order valence-corrected chi connectivity index (χ0v) is 19.3. The van der Waals surface area contributed by atoms with Crippen molar-refractivity contribution in [2.24, 2.45) is 0 Å². The first-order valence-electron chi connectivity index (χ1n) is 8.86. The normalized spacial score (nSPS) is 16.9. The number of nitrogens with zero attached hydrogens (tertiary/aromatic N) is 2. The molecule has 1 saturated heterocycles. The Morgan fingerprint density at radius 3 is 2.31 bits per heavy atom. The van der Waals surface area contributed by atoms with Gasteiger partial charge < -0.3 is 14.5 Å². The molecule has 9 heteroatoms. The molecule has 1 atom stereocenters. The second kappa shape index (κ2) is 10.8. The summed E-state index contributed by atoms with van der Waals surface area (Å²) < 4.78 is 3.60. The third-order valence-electron chi connectivity index (χ3n) is 4.58. The van der Waals surface area contributed by atoms with E-state index < -0.39 is 9.89 Å². The number of ether oxygens (including phenoxy) is 1. The van der Waals surface area contributed by atoms with Crippen LogP contribution in [0.1, 0.15) is 5.56 Å². The quantitative estimate of drug-likeness (QED) is 0.485. The van der Waals surface area contributed by atoms with E-state index in [0.29, 0.717) is 31.1 Å². The third kappa shape index (κ3) is 7.30. The minimum atomic E-state index is -1.63. The van der Waals surface area contributed by atoms with Crippen LogP contribution in [0, 0.1) is 0 Å². The highest BCUT2D eigenvalue weighted by atomic mass is 35.6. The van der Waals surface area contributed by atoms with Crippen LogP contribution in [0.15, 0.2) is 54.6 Å². The molecule has 0 N–H and O–H groups in total. The van der Waals surface area contributed by atoms with Gasteiger partial charge in [0.2, 0.25) is 3.79 Å². The number of hydrogen-bond donors (Lipinski definition) is 0. The van der Waals surface area contributed by atoms with Crippen LogP contribution in [0.3, 0.4) is 0 Å². The number of amides is 1. The number of carbonyl (C=O) groups excluding carboxylic acids is 1. The van der Waals surface area contributed by atoms with Crippen LogP contribution < -0.4 is 4.90 Å². The number of benzene rings is 2. The van der Waals surface area contributed by atoms with Gasteiger partial charge in [0.1, 0.15) is 6.61 Å². The van der Waals surface area contributed by atoms with E-state index in [1.165, 1.54) is 0 Å². The lowest BCUT2D eigenvalue weighted by Gasteiger charge is -2.42. The van der Waals surface area contributed by atoms with Crippen molar-refractivity contribution in [3.05, 3.63) is 65.2 Å². The van der Waals surface area contributed by atoms with Gasteiger partial charge in [-0.05, 0) is 36.2 Å². The molecule has 1 amide bonds. The Morgan fingerprint density at radius 1 is 1.03 bits per heavy atom. The van der Waals surface area contributed by atoms with Crippen molar-refractivity contribution in [3.8, 4) is 0 Å². The highest BCUT2D eigenvalue weighted by Crippen LogP contribution is 2.27. The van der Waals surface area contributed by atoms with Crippen LogP contribution in [0.25, 0.3) is 0 Å². The lowest BCUT2D eigenvalue weighted by molar-refractivity contribution is 0.0828. The largest absolute Gasteiger partial charge is 0.445 e. The molecule has 2 aromatic carbocycles. The molecule has 29 heavy (non-hydrogen) atoms. The second-order valence-electron chi connectivity index (χ2n) is 6.63. The van der Waals surface area contributed by atoms with E-state index >= 15 is 0 Å². The predicted molar refractivity (Wildman–Crippen MR) is 123 cm³/mol. The fourth-order valence-electron chi connectivity index (χ4n) is 3.27. The van der Waals surface area contributed by atoms with Gasteiger partial charge in [-0.15, -0.1) is 12.4 Å². The number of alkyl halides is 3. The Labute approximate surface area is 197 Å². The molecule has 0 radical (unpaired) electrons. The second-order valence-corrected chi connectivity index (χ2v) is 9.58. The lowest BCUT2D eigenvalue weighted by Crippen LogP contribution is -2.56. The Morgan fingerprint density at radius 2 is 1.69 bits per heavy atom. The van der Waals surface area contributed by atoms with Crippen molar-refractivity contribution in [3.63, 3.8) is 0 Å². The maximum Gasteiger partial charge on any atom is 0.410 e. The predicted octanol–water partition coefficient (Wildman–Crippen LogP) is 6.00. The van der Waals surface area contributed by atoms with Crippen molar-refractivity contribution in [2.75, 3.05) is 31.1 Å². The smallest absolute Gasteiger partial charge is 0.410 e. The molecule has 0 aromatic heterocycles. The van der Waals surface area contributed by atoms with E-state index in [1.807, 2.05) is 54.6 Å². The molecule has 2 aromatic rings. The molecular formula is C20H21Cl5N2O2. The molecule has 0 aliphatic carbocycles. The first-order valence-corrected chi connectivity index (χ1v) is 10.4. The summed E-state index contributed by atoms with van der Waals surface area (Å²) >= 11 is 23.1. The zero-order valence-electron chi connectivity index (χ0n) is 15.4. The van der Waals surface area contributed by atoms with Gasteiger partial charge in [-0.1, -0.05) is 76.7 Å². The highest BCUT2D eigenvalue weighted by Gasteiger charge is 2.33. The van der Waals surface area contributed by atoms with Crippen molar-refractivity contribution in [1.29, 1.82) is 0 Å². The molecule has 0 saturated carbocycles. The Balaban J connectivity index is 0.00000300. The van der Waals surface area contributed by atoms with E-state index in [9.17, 15) is 4.79 Å². The molecular weight excluding hydrogens is 477 g/mol. The van der Waals surface area contributed by atoms with E-state index in [1.54, 1.807) is 4.90 Å². The van der Waals surface area contributed by atoms with E-state index in [0.717, 1.165) is 11.3 Å². The maximum atomic E-state index is 12.6. The van der Waals surface area contributed by atoms with Crippen LogP contribution in [0.5, 0.6) is 0 Å². The summed E-state index contributed by atoms with van der Waals surface area (Å²) in [7, 11) is 0. The molecule has 158 valence electrons. The van der Waals surface area contributed by atoms with Gasteiger partial charge in [0.15, 0.2) is 0 Å². The van der Waals surface area contributed by atoms with Crippen LogP contribution in [0.4, 0.5) is 10.5 Å². The monoisotopic (exact) mass is 496 g/mol. The molecule has 0 bridgehead atoms. The summed E-state index contributed by atoms with van der Waals surface area (Å²) in [6.45, 7) is 1.57. The van der Waals surface area contributed by atoms with Gasteiger partial charge in [-0.25, -0.2) is 4.79 Å². The fourth-order valence-corrected chi connectivity index (χ4v) is 3.56. The molecule has 0 unspecified atom stereocenters. The summed E-state index contributed by atoms with van der Waals surface area (Å²) in [6.07, 6.45) is 0.233. The number of hydrogen-bond acceptors (Lipinski definition) is 3. The first-order chi connectivity index (χ1) is 13.3. The van der Waals surface area contributed by atoms with Gasteiger partial charge in [-0.3, -0.25) is 0 Å². The van der Waals surface area contributed by atoms with Crippen molar-refractivity contribution in [2.45, 2.75) is 16.3 Å². The molecule has 4 nitrogen and oxygen atoms in total. The summed E-state index contributed by atoms with van der Waals surface area (Å²) in [5, 5.41) is 0.693. The summed E-state index contributed by atoms with van der Waals surface area (Å²) in [5.74, 6) is 0. The van der Waals surface area contributed by atoms with Gasteiger partial charge in [0, 0.05) is 30.3 Å². The van der Waals surface area contributed by atoms with Gasteiger partial charge >= 0.3 is 6.09 Å². The average molecular weight is 499 g/mol. The summed E-state index contributed by atoms with van der Waals surface area (Å²) in [6, 6.07) is 17.7. The van der Waals surface area contributed by atoms with Crippen LogP contribution in [-0.2, 0) is 11.2 Å². The maximum absolute atomic E-state index is 12.6. The van der Waals surface area contributed by atoms with Crippen molar-refractivity contribution < 1.29 is 9.53 Å². The minimum Gasteiger partial charge on any atom is -0.445 e. The van der Waals surface area contributed by atoms with Crippen LogP contribution in [0.2, 0.25) is 5.02 Å². The molecule has 1 aliphatic rings. The summed E-state index contributed by atoms with van der Waals surface area (Å²) in [4.78, 5) is 16.6. The van der Waals surface area contributed by atoms with Gasteiger partial charge in [-0.2, -0.15) is 0 Å². The molecule has 1 aliphatic heterocycles. The number of carbonyl (C=O) groups is 1.